The van der Waals surface area contributed by atoms with Gasteiger partial charge in [-0.2, -0.15) is 0 Å². The second kappa shape index (κ2) is 11.5. The molecule has 2 aromatic rings. The number of benzene rings is 2. The molecular formula is C22H26N2O5S. The lowest BCUT2D eigenvalue weighted by molar-refractivity contribution is -0.123. The molecule has 0 bridgehead atoms. The number of para-hydroxylation sites is 2. The van der Waals surface area contributed by atoms with E-state index in [9.17, 15) is 9.59 Å². The van der Waals surface area contributed by atoms with Gasteiger partial charge in [0.15, 0.2) is 18.1 Å². The lowest BCUT2D eigenvalue weighted by Gasteiger charge is -2.14. The second-order valence-corrected chi connectivity index (χ2v) is 7.67. The van der Waals surface area contributed by atoms with Crippen LogP contribution in [-0.2, 0) is 9.53 Å². The Morgan fingerprint density at radius 3 is 2.53 bits per heavy atom. The van der Waals surface area contributed by atoms with Crippen LogP contribution in [0.5, 0.6) is 11.5 Å². The minimum atomic E-state index is -0.473. The maximum Gasteiger partial charge on any atom is 0.276 e. The molecule has 0 radical (unpaired) electrons. The average molecular weight is 431 g/mol. The fourth-order valence-electron chi connectivity index (χ4n) is 2.96. The van der Waals surface area contributed by atoms with Gasteiger partial charge in [0, 0.05) is 17.3 Å². The van der Waals surface area contributed by atoms with Crippen molar-refractivity contribution < 1.29 is 23.8 Å². The van der Waals surface area contributed by atoms with Crippen molar-refractivity contribution >= 4 is 23.6 Å². The smallest absolute Gasteiger partial charge is 0.276 e. The van der Waals surface area contributed by atoms with Crippen molar-refractivity contribution in [3.05, 3.63) is 54.1 Å². The molecule has 7 nitrogen and oxygen atoms in total. The molecule has 0 spiro atoms. The van der Waals surface area contributed by atoms with Crippen molar-refractivity contribution in [1.29, 1.82) is 0 Å². The first-order valence-corrected chi connectivity index (χ1v) is 10.9. The molecule has 1 aliphatic heterocycles. The zero-order valence-electron chi connectivity index (χ0n) is 16.9. The molecule has 2 N–H and O–H groups in total. The van der Waals surface area contributed by atoms with E-state index in [4.69, 9.17) is 14.2 Å². The van der Waals surface area contributed by atoms with Crippen LogP contribution in [0.1, 0.15) is 30.1 Å². The molecule has 0 aliphatic carbocycles. The lowest BCUT2D eigenvalue weighted by Crippen LogP contribution is -2.44. The molecule has 0 saturated carbocycles. The van der Waals surface area contributed by atoms with Gasteiger partial charge in [-0.05, 0) is 44.0 Å². The van der Waals surface area contributed by atoms with Gasteiger partial charge in [0.1, 0.15) is 0 Å². The predicted octanol–water partition coefficient (Wildman–Crippen LogP) is 3.20. The van der Waals surface area contributed by atoms with E-state index in [0.29, 0.717) is 23.7 Å². The van der Waals surface area contributed by atoms with Crippen molar-refractivity contribution in [3.8, 4) is 11.5 Å². The fourth-order valence-corrected chi connectivity index (χ4v) is 4.08. The van der Waals surface area contributed by atoms with Crippen LogP contribution in [0.3, 0.4) is 0 Å². The van der Waals surface area contributed by atoms with Crippen molar-refractivity contribution in [2.45, 2.75) is 30.8 Å². The summed E-state index contributed by atoms with van der Waals surface area (Å²) in [7, 11) is 0. The predicted molar refractivity (Wildman–Crippen MR) is 115 cm³/mol. The van der Waals surface area contributed by atoms with E-state index in [1.54, 1.807) is 42.1 Å². The lowest BCUT2D eigenvalue weighted by atomic mass is 10.2. The topological polar surface area (TPSA) is 85.9 Å². The van der Waals surface area contributed by atoms with Gasteiger partial charge in [-0.25, -0.2) is 0 Å². The summed E-state index contributed by atoms with van der Waals surface area (Å²) in [6.07, 6.45) is 2.35. The van der Waals surface area contributed by atoms with Gasteiger partial charge >= 0.3 is 0 Å². The van der Waals surface area contributed by atoms with Gasteiger partial charge in [0.25, 0.3) is 11.8 Å². The molecular weight excluding hydrogens is 404 g/mol. The number of amides is 2. The Morgan fingerprint density at radius 1 is 1.07 bits per heavy atom. The monoisotopic (exact) mass is 430 g/mol. The Labute approximate surface area is 180 Å². The largest absolute Gasteiger partial charge is 0.490 e. The quantitative estimate of drug-likeness (QED) is 0.469. The van der Waals surface area contributed by atoms with E-state index in [1.165, 1.54) is 0 Å². The molecule has 1 aliphatic rings. The molecule has 160 valence electrons. The number of hydrogen-bond acceptors (Lipinski definition) is 6. The summed E-state index contributed by atoms with van der Waals surface area (Å²) in [5.41, 5.74) is 5.34. The molecule has 8 heteroatoms. The van der Waals surface area contributed by atoms with Gasteiger partial charge < -0.3 is 14.2 Å². The first-order chi connectivity index (χ1) is 14.7. The van der Waals surface area contributed by atoms with E-state index in [-0.39, 0.29) is 18.6 Å². The normalized spacial score (nSPS) is 15.4. The minimum Gasteiger partial charge on any atom is -0.490 e. The molecule has 0 aromatic heterocycles. The van der Waals surface area contributed by atoms with E-state index in [0.717, 1.165) is 30.1 Å². The molecule has 1 heterocycles. The summed E-state index contributed by atoms with van der Waals surface area (Å²) in [5, 5.41) is 0. The number of ether oxygens (including phenoxy) is 3. The van der Waals surface area contributed by atoms with Crippen LogP contribution < -0.4 is 20.3 Å². The number of carbonyl (C=O) groups is 2. The summed E-state index contributed by atoms with van der Waals surface area (Å²) in [4.78, 5) is 25.5. The maximum atomic E-state index is 12.5. The van der Waals surface area contributed by atoms with Crippen LogP contribution in [0.15, 0.2) is 53.4 Å². The van der Waals surface area contributed by atoms with E-state index in [1.807, 2.05) is 25.1 Å². The third-order valence-electron chi connectivity index (χ3n) is 4.40. The number of nitrogens with one attached hydrogen (secondary N) is 2. The number of thioether (sulfide) groups is 1. The molecule has 1 atom stereocenters. The molecule has 1 fully saturated rings. The van der Waals surface area contributed by atoms with Crippen molar-refractivity contribution in [2.75, 3.05) is 25.6 Å². The second-order valence-electron chi connectivity index (χ2n) is 6.61. The summed E-state index contributed by atoms with van der Waals surface area (Å²) in [5.74, 6) is 0.974. The Hall–Kier alpha value is -2.71. The number of rotatable bonds is 9. The van der Waals surface area contributed by atoms with E-state index >= 15 is 0 Å². The van der Waals surface area contributed by atoms with Crippen LogP contribution in [-0.4, -0.2) is 43.5 Å². The Balaban J connectivity index is 1.48. The van der Waals surface area contributed by atoms with Crippen molar-refractivity contribution in [2.24, 2.45) is 0 Å². The Bertz CT molecular complexity index is 855. The van der Waals surface area contributed by atoms with Crippen LogP contribution in [0, 0.1) is 0 Å². The third-order valence-corrected chi connectivity index (χ3v) is 5.61. The summed E-state index contributed by atoms with van der Waals surface area (Å²) < 4.78 is 16.6. The maximum absolute atomic E-state index is 12.5. The highest BCUT2D eigenvalue weighted by Gasteiger charge is 2.18. The van der Waals surface area contributed by atoms with Crippen molar-refractivity contribution in [1.82, 2.24) is 10.9 Å². The van der Waals surface area contributed by atoms with Crippen molar-refractivity contribution in [3.63, 3.8) is 0 Å². The highest BCUT2D eigenvalue weighted by atomic mass is 32.2. The zero-order valence-corrected chi connectivity index (χ0v) is 17.7. The van der Waals surface area contributed by atoms with E-state index in [2.05, 4.69) is 10.9 Å². The average Bonchev–Trinajstić information content (AvgIpc) is 3.29. The first kappa shape index (κ1) is 22.0. The highest BCUT2D eigenvalue weighted by molar-refractivity contribution is 7.99. The zero-order chi connectivity index (χ0) is 21.2. The fraction of sp³-hybridized carbons (Fsp3) is 0.364. The first-order valence-electron chi connectivity index (χ1n) is 9.94. The summed E-state index contributed by atoms with van der Waals surface area (Å²) in [6.45, 7) is 2.92. The molecule has 3 rings (SSSR count). The van der Waals surface area contributed by atoms with Crippen LogP contribution in [0.25, 0.3) is 0 Å². The molecule has 30 heavy (non-hydrogen) atoms. The molecule has 1 saturated heterocycles. The summed E-state index contributed by atoms with van der Waals surface area (Å²) in [6, 6.07) is 14.4. The third kappa shape index (κ3) is 6.40. The highest BCUT2D eigenvalue weighted by Crippen LogP contribution is 2.27. The SMILES string of the molecule is CCOc1ccccc1OCC(=O)NNC(=O)c1ccccc1SCC1CCCO1. The van der Waals surface area contributed by atoms with Gasteiger partial charge in [-0.3, -0.25) is 20.4 Å². The van der Waals surface area contributed by atoms with Crippen LogP contribution in [0.2, 0.25) is 0 Å². The standard InChI is InChI=1S/C22H26N2O5S/c1-2-27-18-10-4-5-11-19(18)29-14-21(25)23-24-22(26)17-9-3-6-12-20(17)30-15-16-8-7-13-28-16/h3-6,9-12,16H,2,7-8,13-15H2,1H3,(H,23,25)(H,24,26). The Morgan fingerprint density at radius 2 is 1.80 bits per heavy atom. The van der Waals surface area contributed by atoms with Gasteiger partial charge in [0.05, 0.1) is 18.3 Å². The Kier molecular flexibility index (Phi) is 8.41. The molecule has 2 aromatic carbocycles. The number of hydrogen-bond donors (Lipinski definition) is 2. The summed E-state index contributed by atoms with van der Waals surface area (Å²) >= 11 is 1.58. The molecule has 2 amide bonds. The number of carbonyl (C=O) groups excluding carboxylic acids is 2. The van der Waals surface area contributed by atoms with E-state index < -0.39 is 5.91 Å². The number of hydrazine groups is 1. The molecule has 1 unspecified atom stereocenters. The van der Waals surface area contributed by atoms with Crippen LogP contribution >= 0.6 is 11.8 Å². The van der Waals surface area contributed by atoms with Gasteiger partial charge in [0.2, 0.25) is 0 Å². The van der Waals surface area contributed by atoms with Crippen LogP contribution in [0.4, 0.5) is 0 Å². The van der Waals surface area contributed by atoms with Gasteiger partial charge in [-0.15, -0.1) is 11.8 Å². The minimum absolute atomic E-state index is 0.225. The van der Waals surface area contributed by atoms with Gasteiger partial charge in [-0.1, -0.05) is 24.3 Å².